The second kappa shape index (κ2) is 8.69. The van der Waals surface area contributed by atoms with Crippen LogP contribution in [-0.4, -0.2) is 49.6 Å². The van der Waals surface area contributed by atoms with Crippen LogP contribution in [0.25, 0.3) is 0 Å². The Morgan fingerprint density at radius 2 is 1.89 bits per heavy atom. The number of nitrogens with zero attached hydrogens (tertiary/aromatic N) is 1. The minimum absolute atomic E-state index is 0.0842. The predicted octanol–water partition coefficient (Wildman–Crippen LogP) is 5.51. The number of ether oxygens (including phenoxy) is 3. The smallest absolute Gasteiger partial charge is 0.174 e. The van der Waals surface area contributed by atoms with Gasteiger partial charge >= 0.3 is 0 Å². The summed E-state index contributed by atoms with van der Waals surface area (Å²) in [6.07, 6.45) is 1.40. The van der Waals surface area contributed by atoms with Crippen LogP contribution < -0.4 is 4.74 Å². The highest BCUT2D eigenvalue weighted by atomic mass is 35.5. The molecule has 158 valence electrons. The van der Waals surface area contributed by atoms with E-state index in [1.54, 1.807) is 18.2 Å². The van der Waals surface area contributed by atoms with Gasteiger partial charge in [0.25, 0.3) is 0 Å². The Bertz CT molecular complexity index is 674. The molecule has 0 radical (unpaired) electrons. The molecule has 0 amide bonds. The second-order valence-corrected chi connectivity index (χ2v) is 10.3. The zero-order valence-electron chi connectivity index (χ0n) is 17.6. The van der Waals surface area contributed by atoms with Crippen molar-refractivity contribution in [1.29, 1.82) is 0 Å². The van der Waals surface area contributed by atoms with Gasteiger partial charge in [0.1, 0.15) is 5.75 Å². The van der Waals surface area contributed by atoms with Crippen molar-refractivity contribution in [3.8, 4) is 5.75 Å². The molecule has 2 heterocycles. The fraction of sp³-hybridized carbons (Fsp3) is 0.727. The van der Waals surface area contributed by atoms with E-state index in [-0.39, 0.29) is 11.5 Å². The number of hydrogen-bond donors (Lipinski definition) is 0. The van der Waals surface area contributed by atoms with Gasteiger partial charge in [0.15, 0.2) is 5.79 Å². The van der Waals surface area contributed by atoms with Gasteiger partial charge < -0.3 is 19.1 Å². The molecule has 0 aliphatic carbocycles. The third kappa shape index (κ3) is 5.14. The average molecular weight is 430 g/mol. The second-order valence-electron chi connectivity index (χ2n) is 9.41. The summed E-state index contributed by atoms with van der Waals surface area (Å²) in [5.74, 6) is 1.40. The van der Waals surface area contributed by atoms with Crippen LogP contribution in [0.2, 0.25) is 10.0 Å². The van der Waals surface area contributed by atoms with Crippen molar-refractivity contribution in [1.82, 2.24) is 4.90 Å². The van der Waals surface area contributed by atoms with E-state index in [0.717, 1.165) is 31.5 Å². The SMILES string of the molecule is CC1CC(C)CN(CC2COC(C)(C(C)(C)COc3ccc(Cl)cc3Cl)O2)C1. The molecule has 1 aromatic rings. The van der Waals surface area contributed by atoms with Gasteiger partial charge in [-0.1, -0.05) is 50.9 Å². The normalized spacial score (nSPS) is 31.9. The Labute approximate surface area is 179 Å². The number of likely N-dealkylation sites (tertiary alicyclic amines) is 1. The van der Waals surface area contributed by atoms with Crippen molar-refractivity contribution >= 4 is 23.2 Å². The molecule has 28 heavy (non-hydrogen) atoms. The van der Waals surface area contributed by atoms with Crippen LogP contribution in [0.4, 0.5) is 0 Å². The molecule has 2 aliphatic heterocycles. The van der Waals surface area contributed by atoms with Gasteiger partial charge in [-0.15, -0.1) is 0 Å². The molecule has 2 saturated heterocycles. The number of rotatable bonds is 6. The van der Waals surface area contributed by atoms with Gasteiger partial charge in [-0.2, -0.15) is 0 Å². The molecule has 0 bridgehead atoms. The molecule has 4 nitrogen and oxygen atoms in total. The molecule has 2 fully saturated rings. The molecular formula is C22H33Cl2NO3. The first-order valence-corrected chi connectivity index (χ1v) is 11.0. The van der Waals surface area contributed by atoms with Crippen molar-refractivity contribution in [3.05, 3.63) is 28.2 Å². The lowest BCUT2D eigenvalue weighted by Gasteiger charge is -2.40. The fourth-order valence-electron chi connectivity index (χ4n) is 4.29. The third-order valence-corrected chi connectivity index (χ3v) is 6.58. The molecule has 0 N–H and O–H groups in total. The quantitative estimate of drug-likeness (QED) is 0.596. The van der Waals surface area contributed by atoms with Gasteiger partial charge in [0.05, 0.1) is 29.8 Å². The van der Waals surface area contributed by atoms with E-state index in [0.29, 0.717) is 29.0 Å². The molecule has 0 saturated carbocycles. The maximum Gasteiger partial charge on any atom is 0.174 e. The summed E-state index contributed by atoms with van der Waals surface area (Å²) in [5, 5.41) is 1.10. The van der Waals surface area contributed by atoms with E-state index < -0.39 is 5.79 Å². The van der Waals surface area contributed by atoms with Crippen LogP contribution >= 0.6 is 23.2 Å². The summed E-state index contributed by atoms with van der Waals surface area (Å²) in [5.41, 5.74) is -0.354. The van der Waals surface area contributed by atoms with E-state index in [9.17, 15) is 0 Å². The van der Waals surface area contributed by atoms with Crippen molar-refractivity contribution in [2.45, 2.75) is 52.9 Å². The zero-order valence-corrected chi connectivity index (χ0v) is 19.1. The first kappa shape index (κ1) is 22.2. The van der Waals surface area contributed by atoms with E-state index in [1.807, 2.05) is 6.92 Å². The van der Waals surface area contributed by atoms with E-state index in [4.69, 9.17) is 37.4 Å². The summed E-state index contributed by atoms with van der Waals surface area (Å²) in [4.78, 5) is 2.52. The highest BCUT2D eigenvalue weighted by Gasteiger charge is 2.50. The highest BCUT2D eigenvalue weighted by molar-refractivity contribution is 6.35. The molecule has 4 atom stereocenters. The summed E-state index contributed by atoms with van der Waals surface area (Å²) < 4.78 is 18.6. The van der Waals surface area contributed by atoms with Gasteiger partial charge in [-0.05, 0) is 43.4 Å². The summed E-state index contributed by atoms with van der Waals surface area (Å²) in [6, 6.07) is 5.25. The molecule has 0 aromatic heterocycles. The van der Waals surface area contributed by atoms with Crippen molar-refractivity contribution in [2.75, 3.05) is 32.8 Å². The van der Waals surface area contributed by atoms with E-state index in [2.05, 4.69) is 32.6 Å². The zero-order chi connectivity index (χ0) is 20.5. The fourth-order valence-corrected chi connectivity index (χ4v) is 4.76. The van der Waals surface area contributed by atoms with Crippen LogP contribution in [0, 0.1) is 17.3 Å². The third-order valence-electron chi connectivity index (χ3n) is 6.05. The van der Waals surface area contributed by atoms with Crippen LogP contribution in [0.5, 0.6) is 5.75 Å². The van der Waals surface area contributed by atoms with E-state index in [1.165, 1.54) is 6.42 Å². The standard InChI is InChI=1S/C22H33Cl2NO3/c1-15-8-16(2)11-25(10-15)12-18-13-27-22(5,28-18)21(3,4)14-26-20-7-6-17(23)9-19(20)24/h6-7,9,15-16,18H,8,10-14H2,1-5H3. The van der Waals surface area contributed by atoms with Gasteiger partial charge in [0, 0.05) is 24.7 Å². The summed E-state index contributed by atoms with van der Waals surface area (Å²) in [6.45, 7) is 15.1. The average Bonchev–Trinajstić information content (AvgIpc) is 2.96. The molecular weight excluding hydrogens is 397 g/mol. The number of piperidine rings is 1. The van der Waals surface area contributed by atoms with Gasteiger partial charge in [-0.3, -0.25) is 0 Å². The summed E-state index contributed by atoms with van der Waals surface area (Å²) in [7, 11) is 0. The molecule has 6 heteroatoms. The Balaban J connectivity index is 1.57. The molecule has 0 spiro atoms. The van der Waals surface area contributed by atoms with Gasteiger partial charge in [0.2, 0.25) is 0 Å². The predicted molar refractivity (Wildman–Crippen MR) is 114 cm³/mol. The topological polar surface area (TPSA) is 30.9 Å². The van der Waals surface area contributed by atoms with Crippen molar-refractivity contribution in [3.63, 3.8) is 0 Å². The Kier molecular flexibility index (Phi) is 6.88. The lowest BCUT2D eigenvalue weighted by molar-refractivity contribution is -0.231. The first-order valence-electron chi connectivity index (χ1n) is 10.2. The monoisotopic (exact) mass is 429 g/mol. The van der Waals surface area contributed by atoms with Crippen LogP contribution in [0.3, 0.4) is 0 Å². The van der Waals surface area contributed by atoms with E-state index >= 15 is 0 Å². The maximum atomic E-state index is 6.43. The van der Waals surface area contributed by atoms with Crippen LogP contribution in [-0.2, 0) is 9.47 Å². The number of benzene rings is 1. The molecule has 3 rings (SSSR count). The first-order chi connectivity index (χ1) is 13.1. The number of halogens is 2. The minimum Gasteiger partial charge on any atom is -0.491 e. The number of hydrogen-bond acceptors (Lipinski definition) is 4. The van der Waals surface area contributed by atoms with Crippen molar-refractivity contribution < 1.29 is 14.2 Å². The van der Waals surface area contributed by atoms with Crippen molar-refractivity contribution in [2.24, 2.45) is 17.3 Å². The van der Waals surface area contributed by atoms with Crippen LogP contribution in [0.15, 0.2) is 18.2 Å². The lowest BCUT2D eigenvalue weighted by Crippen LogP contribution is -2.48. The van der Waals surface area contributed by atoms with Gasteiger partial charge in [-0.25, -0.2) is 0 Å². The Hall–Kier alpha value is -0.520. The Morgan fingerprint density at radius 1 is 1.21 bits per heavy atom. The largest absolute Gasteiger partial charge is 0.491 e. The lowest BCUT2D eigenvalue weighted by atomic mass is 9.85. The maximum absolute atomic E-state index is 6.43. The van der Waals surface area contributed by atoms with Crippen LogP contribution in [0.1, 0.15) is 41.0 Å². The highest BCUT2D eigenvalue weighted by Crippen LogP contribution is 2.41. The summed E-state index contributed by atoms with van der Waals surface area (Å²) >= 11 is 12.2. The molecule has 4 unspecified atom stereocenters. The molecule has 2 aliphatic rings. The Morgan fingerprint density at radius 3 is 2.54 bits per heavy atom. The molecule has 1 aromatic carbocycles. The minimum atomic E-state index is -0.705.